The molecule has 1 aromatic heterocycles. The number of carbonyl (C=O) groups excluding carboxylic acids is 1. The molecule has 0 unspecified atom stereocenters. The molecule has 0 saturated heterocycles. The topological polar surface area (TPSA) is 99.7 Å². The minimum atomic E-state index is -1.04. The Hall–Kier alpha value is -2.59. The predicted molar refractivity (Wildman–Crippen MR) is 110 cm³/mol. The summed E-state index contributed by atoms with van der Waals surface area (Å²) < 4.78 is 37.2. The molecule has 30 heavy (non-hydrogen) atoms. The molecule has 2 aromatic rings. The molecule has 0 spiro atoms. The number of aliphatic imine (C=N–C) groups is 1. The second-order valence-corrected chi connectivity index (χ2v) is 8.38. The van der Waals surface area contributed by atoms with E-state index >= 15 is 0 Å². The van der Waals surface area contributed by atoms with Gasteiger partial charge in [0, 0.05) is 24.3 Å². The van der Waals surface area contributed by atoms with Crippen molar-refractivity contribution in [2.75, 3.05) is 14.0 Å². The number of aromatic nitrogens is 2. The number of ether oxygens (including phenoxy) is 2. The lowest BCUT2D eigenvalue weighted by Gasteiger charge is -2.40. The zero-order chi connectivity index (χ0) is 21.9. The molecule has 1 aliphatic rings. The standard InChI is InChI=1S/C20H22F2N4O3S/c1-11-18(28-3)20(2,26-19(23)30-11)13-6-12(4-5-14(13)22)7-16(27)15-8-25-17(9-24-15)29-10-21/h4-6,8-9,11,18H,7,10H2,1-3H3,(H2,23,26)/t11-,18+,20-/m1/s1. The number of ketones is 1. The van der Waals surface area contributed by atoms with Crippen molar-refractivity contribution >= 4 is 22.7 Å². The third-order valence-electron chi connectivity index (χ3n) is 4.94. The van der Waals surface area contributed by atoms with Crippen LogP contribution in [0.1, 0.15) is 35.5 Å². The summed E-state index contributed by atoms with van der Waals surface area (Å²) in [6, 6.07) is 4.44. The van der Waals surface area contributed by atoms with Crippen LogP contribution < -0.4 is 10.5 Å². The predicted octanol–water partition coefficient (Wildman–Crippen LogP) is 3.03. The van der Waals surface area contributed by atoms with Gasteiger partial charge in [-0.15, -0.1) is 0 Å². The minimum Gasteiger partial charge on any atom is -0.445 e. The van der Waals surface area contributed by atoms with Gasteiger partial charge >= 0.3 is 0 Å². The first-order chi connectivity index (χ1) is 14.3. The van der Waals surface area contributed by atoms with E-state index in [4.69, 9.17) is 10.5 Å². The largest absolute Gasteiger partial charge is 0.445 e. The van der Waals surface area contributed by atoms with Gasteiger partial charge in [0.1, 0.15) is 17.1 Å². The minimum absolute atomic E-state index is 0.0172. The van der Waals surface area contributed by atoms with Crippen molar-refractivity contribution in [1.29, 1.82) is 0 Å². The number of hydrogen-bond donors (Lipinski definition) is 1. The SMILES string of the molecule is CO[C@H]1[C@@H](C)SC(N)=N[C@]1(C)c1cc(CC(=O)c2cnc(OCF)cn2)ccc1F. The molecule has 2 N–H and O–H groups in total. The van der Waals surface area contributed by atoms with Crippen LogP contribution in [0, 0.1) is 5.82 Å². The van der Waals surface area contributed by atoms with Crippen molar-refractivity contribution in [3.63, 3.8) is 0 Å². The molecule has 0 aliphatic carbocycles. The highest BCUT2D eigenvalue weighted by atomic mass is 32.2. The van der Waals surface area contributed by atoms with Gasteiger partial charge < -0.3 is 15.2 Å². The zero-order valence-electron chi connectivity index (χ0n) is 16.8. The number of nitrogens with zero attached hydrogens (tertiary/aromatic N) is 3. The Kier molecular flexibility index (Phi) is 6.67. The quantitative estimate of drug-likeness (QED) is 0.666. The van der Waals surface area contributed by atoms with Gasteiger partial charge in [0.25, 0.3) is 0 Å². The molecule has 0 bridgehead atoms. The number of thioether (sulfide) groups is 1. The summed E-state index contributed by atoms with van der Waals surface area (Å²) >= 11 is 1.37. The fourth-order valence-corrected chi connectivity index (χ4v) is 4.72. The fourth-order valence-electron chi connectivity index (χ4n) is 3.60. The van der Waals surface area contributed by atoms with Gasteiger partial charge in [-0.3, -0.25) is 4.79 Å². The van der Waals surface area contributed by atoms with Crippen molar-refractivity contribution in [3.05, 3.63) is 53.2 Å². The van der Waals surface area contributed by atoms with E-state index in [-0.39, 0.29) is 29.0 Å². The van der Waals surface area contributed by atoms with Crippen molar-refractivity contribution in [1.82, 2.24) is 9.97 Å². The summed E-state index contributed by atoms with van der Waals surface area (Å²) in [4.78, 5) is 24.8. The number of nitrogens with two attached hydrogens (primary N) is 1. The lowest BCUT2D eigenvalue weighted by atomic mass is 9.83. The number of alkyl halides is 1. The maximum Gasteiger partial charge on any atom is 0.234 e. The Bertz CT molecular complexity index is 958. The summed E-state index contributed by atoms with van der Waals surface area (Å²) in [6.45, 7) is 2.67. The van der Waals surface area contributed by atoms with E-state index in [9.17, 15) is 13.6 Å². The Labute approximate surface area is 177 Å². The van der Waals surface area contributed by atoms with Gasteiger partial charge in [-0.1, -0.05) is 24.8 Å². The third-order valence-corrected chi connectivity index (χ3v) is 5.89. The number of halogens is 2. The van der Waals surface area contributed by atoms with Crippen LogP contribution in [0.5, 0.6) is 5.88 Å². The lowest BCUT2D eigenvalue weighted by molar-refractivity contribution is 0.0407. The molecule has 3 atom stereocenters. The average molecular weight is 436 g/mol. The number of carbonyl (C=O) groups is 1. The average Bonchev–Trinajstić information content (AvgIpc) is 2.69. The second-order valence-electron chi connectivity index (χ2n) is 6.98. The van der Waals surface area contributed by atoms with Crippen molar-refractivity contribution in [2.45, 2.75) is 37.2 Å². The van der Waals surface area contributed by atoms with Crippen LogP contribution in [-0.4, -0.2) is 46.2 Å². The summed E-state index contributed by atoms with van der Waals surface area (Å²) in [5.41, 5.74) is 5.90. The highest BCUT2D eigenvalue weighted by molar-refractivity contribution is 8.14. The van der Waals surface area contributed by atoms with Crippen LogP contribution in [-0.2, 0) is 16.7 Å². The maximum absolute atomic E-state index is 14.8. The molecule has 2 heterocycles. The number of hydrogen-bond acceptors (Lipinski definition) is 8. The molecule has 7 nitrogen and oxygen atoms in total. The van der Waals surface area contributed by atoms with Crippen molar-refractivity contribution in [3.8, 4) is 5.88 Å². The molecule has 10 heteroatoms. The number of rotatable bonds is 7. The van der Waals surface area contributed by atoms with Crippen LogP contribution in [0.2, 0.25) is 0 Å². The monoisotopic (exact) mass is 436 g/mol. The van der Waals surface area contributed by atoms with E-state index in [2.05, 4.69) is 19.7 Å². The second kappa shape index (κ2) is 9.05. The van der Waals surface area contributed by atoms with Crippen molar-refractivity contribution < 1.29 is 23.0 Å². The van der Waals surface area contributed by atoms with Crippen LogP contribution in [0.25, 0.3) is 0 Å². The maximum atomic E-state index is 14.8. The van der Waals surface area contributed by atoms with Gasteiger partial charge in [-0.05, 0) is 24.6 Å². The molecular weight excluding hydrogens is 414 g/mol. The Morgan fingerprint density at radius 3 is 2.73 bits per heavy atom. The van der Waals surface area contributed by atoms with Gasteiger partial charge in [-0.25, -0.2) is 23.7 Å². The first-order valence-corrected chi connectivity index (χ1v) is 10.0. The van der Waals surface area contributed by atoms with E-state index < -0.39 is 24.3 Å². The van der Waals surface area contributed by atoms with E-state index in [0.717, 1.165) is 0 Å². The molecule has 3 rings (SSSR count). The van der Waals surface area contributed by atoms with E-state index in [1.54, 1.807) is 20.1 Å². The first kappa shape index (κ1) is 22.1. The molecule has 1 aliphatic heterocycles. The zero-order valence-corrected chi connectivity index (χ0v) is 17.6. The molecular formula is C20H22F2N4O3S. The van der Waals surface area contributed by atoms with E-state index in [0.29, 0.717) is 16.3 Å². The Morgan fingerprint density at radius 1 is 1.33 bits per heavy atom. The molecule has 0 amide bonds. The third kappa shape index (κ3) is 4.44. The highest BCUT2D eigenvalue weighted by Gasteiger charge is 2.45. The molecule has 1 aromatic carbocycles. The Balaban J connectivity index is 1.89. The highest BCUT2D eigenvalue weighted by Crippen LogP contribution is 2.41. The van der Waals surface area contributed by atoms with Gasteiger partial charge in [0.15, 0.2) is 11.0 Å². The smallest absolute Gasteiger partial charge is 0.234 e. The van der Waals surface area contributed by atoms with Crippen LogP contribution in [0.4, 0.5) is 8.78 Å². The summed E-state index contributed by atoms with van der Waals surface area (Å²) in [5, 5.41) is 0.313. The number of benzene rings is 1. The Morgan fingerprint density at radius 2 is 2.10 bits per heavy atom. The molecule has 0 fully saturated rings. The van der Waals surface area contributed by atoms with Crippen LogP contribution in [0.15, 0.2) is 35.6 Å². The summed E-state index contributed by atoms with van der Waals surface area (Å²) in [5.74, 6) is -0.800. The fraction of sp³-hybridized carbons (Fsp3) is 0.400. The summed E-state index contributed by atoms with van der Waals surface area (Å²) in [7, 11) is 1.55. The number of amidine groups is 1. The van der Waals surface area contributed by atoms with E-state index in [1.165, 1.54) is 36.3 Å². The van der Waals surface area contributed by atoms with Crippen LogP contribution in [0.3, 0.4) is 0 Å². The van der Waals surface area contributed by atoms with Gasteiger partial charge in [0.05, 0.1) is 18.5 Å². The first-order valence-electron chi connectivity index (χ1n) is 9.16. The lowest BCUT2D eigenvalue weighted by Crippen LogP contribution is -2.48. The number of methoxy groups -OCH3 is 1. The number of Topliss-reactive ketones (excluding diaryl/α,β-unsaturated/α-hetero) is 1. The van der Waals surface area contributed by atoms with E-state index in [1.807, 2.05) is 6.92 Å². The van der Waals surface area contributed by atoms with Crippen molar-refractivity contribution in [2.24, 2.45) is 10.7 Å². The van der Waals surface area contributed by atoms with Gasteiger partial charge in [0.2, 0.25) is 12.7 Å². The normalized spacial score (nSPS) is 23.7. The molecule has 160 valence electrons. The molecule has 0 radical (unpaired) electrons. The molecule has 0 saturated carbocycles. The van der Waals surface area contributed by atoms with Gasteiger partial charge in [-0.2, -0.15) is 0 Å². The van der Waals surface area contributed by atoms with Crippen LogP contribution >= 0.6 is 11.8 Å². The summed E-state index contributed by atoms with van der Waals surface area (Å²) in [6.07, 6.45) is 1.95.